The summed E-state index contributed by atoms with van der Waals surface area (Å²) in [6.45, 7) is 0.552. The monoisotopic (exact) mass is 236 g/mol. The Bertz CT molecular complexity index is 438. The summed E-state index contributed by atoms with van der Waals surface area (Å²) in [5.74, 6) is 0.867. The molecule has 0 aliphatic rings. The minimum Gasteiger partial charge on any atom is -0.477 e. The highest BCUT2D eigenvalue weighted by Crippen LogP contribution is 2.13. The number of aromatic nitrogens is 2. The van der Waals surface area contributed by atoms with Crippen LogP contribution < -0.4 is 16.2 Å². The fraction of sp³-hybridized carbons (Fsp3) is 0.200. The third-order valence-electron chi connectivity index (χ3n) is 1.92. The maximum atomic E-state index is 5.52. The Morgan fingerprint density at radius 3 is 2.88 bits per heavy atom. The molecule has 2 heterocycles. The second kappa shape index (κ2) is 4.80. The maximum Gasteiger partial charge on any atom is 0.225 e. The van der Waals surface area contributed by atoms with Gasteiger partial charge in [-0.3, -0.25) is 0 Å². The number of nitrogens with two attached hydrogens (primary N) is 2. The number of nitrogen functional groups attached to an aromatic ring is 2. The Labute approximate surface area is 97.1 Å². The lowest BCUT2D eigenvalue weighted by Crippen LogP contribution is -2.05. The van der Waals surface area contributed by atoms with E-state index in [1.54, 1.807) is 17.4 Å². The summed E-state index contributed by atoms with van der Waals surface area (Å²) in [5, 5.41) is 2.04. The van der Waals surface area contributed by atoms with Crippen LogP contribution in [0, 0.1) is 0 Å². The van der Waals surface area contributed by atoms with E-state index in [4.69, 9.17) is 16.2 Å². The van der Waals surface area contributed by atoms with E-state index in [1.165, 1.54) is 4.88 Å². The molecule has 0 aliphatic heterocycles. The minimum atomic E-state index is 0.131. The molecule has 0 spiro atoms. The Balaban J connectivity index is 1.89. The van der Waals surface area contributed by atoms with Crippen molar-refractivity contribution in [1.82, 2.24) is 9.97 Å². The van der Waals surface area contributed by atoms with Gasteiger partial charge in [0.1, 0.15) is 5.82 Å². The number of thiophene rings is 1. The van der Waals surface area contributed by atoms with Crippen molar-refractivity contribution >= 4 is 23.1 Å². The first-order valence-electron chi connectivity index (χ1n) is 4.79. The number of hydrogen-bond acceptors (Lipinski definition) is 6. The molecular weight excluding hydrogens is 224 g/mol. The molecule has 16 heavy (non-hydrogen) atoms. The van der Waals surface area contributed by atoms with E-state index in [0.717, 1.165) is 6.42 Å². The molecule has 0 aliphatic carbocycles. The first-order valence-corrected chi connectivity index (χ1v) is 5.67. The van der Waals surface area contributed by atoms with Crippen molar-refractivity contribution in [3.05, 3.63) is 28.5 Å². The topological polar surface area (TPSA) is 87.0 Å². The SMILES string of the molecule is Nc1cc(OCCc2cccs2)nc(N)n1. The molecule has 84 valence electrons. The maximum absolute atomic E-state index is 5.52. The van der Waals surface area contributed by atoms with E-state index in [0.29, 0.717) is 18.3 Å². The van der Waals surface area contributed by atoms with Crippen molar-refractivity contribution in [1.29, 1.82) is 0 Å². The summed E-state index contributed by atoms with van der Waals surface area (Å²) >= 11 is 1.70. The van der Waals surface area contributed by atoms with Crippen molar-refractivity contribution in [3.63, 3.8) is 0 Å². The van der Waals surface area contributed by atoms with E-state index in [1.807, 2.05) is 11.4 Å². The highest BCUT2D eigenvalue weighted by Gasteiger charge is 2.01. The molecule has 2 rings (SSSR count). The highest BCUT2D eigenvalue weighted by molar-refractivity contribution is 7.09. The number of hydrogen-bond donors (Lipinski definition) is 2. The van der Waals surface area contributed by atoms with Crippen molar-refractivity contribution in [3.8, 4) is 5.88 Å². The van der Waals surface area contributed by atoms with E-state index in [9.17, 15) is 0 Å². The van der Waals surface area contributed by atoms with Gasteiger partial charge in [-0.1, -0.05) is 6.07 Å². The van der Waals surface area contributed by atoms with Crippen LogP contribution in [0.1, 0.15) is 4.88 Å². The Hall–Kier alpha value is -1.82. The molecule has 0 atom stereocenters. The molecule has 0 fully saturated rings. The van der Waals surface area contributed by atoms with Crippen LogP contribution >= 0.6 is 11.3 Å². The van der Waals surface area contributed by atoms with E-state index >= 15 is 0 Å². The van der Waals surface area contributed by atoms with E-state index in [-0.39, 0.29) is 5.95 Å². The van der Waals surface area contributed by atoms with Crippen molar-refractivity contribution in [2.24, 2.45) is 0 Å². The molecule has 4 N–H and O–H groups in total. The molecule has 0 radical (unpaired) electrons. The summed E-state index contributed by atoms with van der Waals surface area (Å²) in [6.07, 6.45) is 0.849. The average Bonchev–Trinajstić information content (AvgIpc) is 2.69. The molecular formula is C10H12N4OS. The zero-order valence-electron chi connectivity index (χ0n) is 8.59. The molecule has 0 unspecified atom stereocenters. The number of ether oxygens (including phenoxy) is 1. The lowest BCUT2D eigenvalue weighted by molar-refractivity contribution is 0.310. The molecule has 0 aromatic carbocycles. The molecule has 0 amide bonds. The van der Waals surface area contributed by atoms with Gasteiger partial charge in [0.2, 0.25) is 11.8 Å². The summed E-state index contributed by atoms with van der Waals surface area (Å²) in [7, 11) is 0. The molecule has 0 bridgehead atoms. The first kappa shape index (κ1) is 10.7. The second-order valence-corrected chi connectivity index (χ2v) is 4.20. The zero-order chi connectivity index (χ0) is 11.4. The fourth-order valence-electron chi connectivity index (χ4n) is 1.25. The first-order chi connectivity index (χ1) is 7.74. The second-order valence-electron chi connectivity index (χ2n) is 3.17. The van der Waals surface area contributed by atoms with Crippen LogP contribution in [-0.2, 0) is 6.42 Å². The Morgan fingerprint density at radius 1 is 1.31 bits per heavy atom. The predicted molar refractivity (Wildman–Crippen MR) is 64.4 cm³/mol. The van der Waals surface area contributed by atoms with Gasteiger partial charge in [-0.2, -0.15) is 9.97 Å². The third-order valence-corrected chi connectivity index (χ3v) is 2.85. The quantitative estimate of drug-likeness (QED) is 0.836. The minimum absolute atomic E-state index is 0.131. The van der Waals surface area contributed by atoms with Gasteiger partial charge in [0.15, 0.2) is 0 Å². The van der Waals surface area contributed by atoms with Gasteiger partial charge in [0.25, 0.3) is 0 Å². The third kappa shape index (κ3) is 2.83. The van der Waals surface area contributed by atoms with Crippen LogP contribution in [0.2, 0.25) is 0 Å². The fourth-order valence-corrected chi connectivity index (χ4v) is 1.94. The molecule has 2 aromatic rings. The predicted octanol–water partition coefficient (Wildman–Crippen LogP) is 1.32. The van der Waals surface area contributed by atoms with Crippen LogP contribution in [0.4, 0.5) is 11.8 Å². The van der Waals surface area contributed by atoms with E-state index in [2.05, 4.69) is 16.0 Å². The molecule has 5 nitrogen and oxygen atoms in total. The van der Waals surface area contributed by atoms with Gasteiger partial charge in [0.05, 0.1) is 6.61 Å². The summed E-state index contributed by atoms with van der Waals surface area (Å²) in [5.41, 5.74) is 11.0. The Kier molecular flexibility index (Phi) is 3.21. The van der Waals surface area contributed by atoms with Crippen LogP contribution in [-0.4, -0.2) is 16.6 Å². The van der Waals surface area contributed by atoms with Crippen LogP contribution in [0.15, 0.2) is 23.6 Å². The molecule has 0 saturated heterocycles. The van der Waals surface area contributed by atoms with Crippen LogP contribution in [0.3, 0.4) is 0 Å². The summed E-state index contributed by atoms with van der Waals surface area (Å²) < 4.78 is 5.44. The summed E-state index contributed by atoms with van der Waals surface area (Å²) in [6, 6.07) is 5.64. The number of rotatable bonds is 4. The molecule has 0 saturated carbocycles. The highest BCUT2D eigenvalue weighted by atomic mass is 32.1. The largest absolute Gasteiger partial charge is 0.477 e. The van der Waals surface area contributed by atoms with Crippen molar-refractivity contribution < 1.29 is 4.74 Å². The van der Waals surface area contributed by atoms with Crippen molar-refractivity contribution in [2.45, 2.75) is 6.42 Å². The Morgan fingerprint density at radius 2 is 2.19 bits per heavy atom. The standard InChI is InChI=1S/C10H12N4OS/c11-8-6-9(14-10(12)13-8)15-4-3-7-2-1-5-16-7/h1-2,5-6H,3-4H2,(H4,11,12,13,14). The molecule has 2 aromatic heterocycles. The van der Waals surface area contributed by atoms with Gasteiger partial charge in [-0.25, -0.2) is 0 Å². The summed E-state index contributed by atoms with van der Waals surface area (Å²) in [4.78, 5) is 8.95. The van der Waals surface area contributed by atoms with Gasteiger partial charge in [-0.05, 0) is 11.4 Å². The van der Waals surface area contributed by atoms with Gasteiger partial charge >= 0.3 is 0 Å². The zero-order valence-corrected chi connectivity index (χ0v) is 9.41. The van der Waals surface area contributed by atoms with Gasteiger partial charge < -0.3 is 16.2 Å². The number of anilines is 2. The number of nitrogens with zero attached hydrogens (tertiary/aromatic N) is 2. The lowest BCUT2D eigenvalue weighted by Gasteiger charge is -2.05. The van der Waals surface area contributed by atoms with Crippen LogP contribution in [0.25, 0.3) is 0 Å². The van der Waals surface area contributed by atoms with Gasteiger partial charge in [0, 0.05) is 17.4 Å². The smallest absolute Gasteiger partial charge is 0.225 e. The molecule has 6 heteroatoms. The van der Waals surface area contributed by atoms with Crippen molar-refractivity contribution in [2.75, 3.05) is 18.1 Å². The van der Waals surface area contributed by atoms with Gasteiger partial charge in [-0.15, -0.1) is 11.3 Å². The average molecular weight is 236 g/mol. The van der Waals surface area contributed by atoms with E-state index < -0.39 is 0 Å². The normalized spacial score (nSPS) is 10.2. The lowest BCUT2D eigenvalue weighted by atomic mass is 10.4. The van der Waals surface area contributed by atoms with Crippen LogP contribution in [0.5, 0.6) is 5.88 Å².